The summed E-state index contributed by atoms with van der Waals surface area (Å²) in [6.07, 6.45) is 0.932. The van der Waals surface area contributed by atoms with Gasteiger partial charge in [-0.15, -0.1) is 24.0 Å². The number of rotatable bonds is 9. The van der Waals surface area contributed by atoms with Gasteiger partial charge in [-0.05, 0) is 32.4 Å². The highest BCUT2D eigenvalue weighted by molar-refractivity contribution is 14.0. The molecule has 1 aromatic carbocycles. The second kappa shape index (κ2) is 13.2. The van der Waals surface area contributed by atoms with Crippen LogP contribution >= 0.6 is 24.0 Å². The number of hydrogen-bond donors (Lipinski definition) is 2. The smallest absolute Gasteiger partial charge is 0.195 e. The van der Waals surface area contributed by atoms with Gasteiger partial charge in [-0.25, -0.2) is 0 Å². The molecule has 0 aliphatic rings. The third kappa shape index (κ3) is 8.26. The summed E-state index contributed by atoms with van der Waals surface area (Å²) in [5.41, 5.74) is 0.887. The number of guanidine groups is 1. The van der Waals surface area contributed by atoms with Crippen LogP contribution in [-0.2, 0) is 4.74 Å². The van der Waals surface area contributed by atoms with Crippen LogP contribution in [0.3, 0.4) is 0 Å². The zero-order chi connectivity index (χ0) is 16.2. The molecule has 0 radical (unpaired) electrons. The predicted molar refractivity (Wildman–Crippen MR) is 106 cm³/mol. The maximum Gasteiger partial charge on any atom is 0.195 e. The Labute approximate surface area is 156 Å². The first-order chi connectivity index (χ1) is 10.7. The van der Waals surface area contributed by atoms with E-state index in [9.17, 15) is 0 Å². The minimum atomic E-state index is 0. The Bertz CT molecular complexity index is 470. The van der Waals surface area contributed by atoms with Crippen LogP contribution in [0.1, 0.15) is 20.3 Å². The van der Waals surface area contributed by atoms with E-state index in [0.717, 1.165) is 37.6 Å². The number of benzene rings is 1. The van der Waals surface area contributed by atoms with Crippen molar-refractivity contribution in [2.45, 2.75) is 20.3 Å². The Kier molecular flexibility index (Phi) is 12.5. The lowest BCUT2D eigenvalue weighted by Gasteiger charge is -2.14. The third-order valence-corrected chi connectivity index (χ3v) is 2.91. The van der Waals surface area contributed by atoms with Crippen LogP contribution < -0.4 is 20.1 Å². The number of aliphatic imine (C=N–C) groups is 1. The lowest BCUT2D eigenvalue weighted by atomic mass is 10.2. The van der Waals surface area contributed by atoms with Gasteiger partial charge in [0.1, 0.15) is 0 Å². The fourth-order valence-electron chi connectivity index (χ4n) is 1.86. The van der Waals surface area contributed by atoms with E-state index in [0.29, 0.717) is 18.3 Å². The number of methoxy groups -OCH3 is 1. The van der Waals surface area contributed by atoms with E-state index in [4.69, 9.17) is 14.2 Å². The summed E-state index contributed by atoms with van der Waals surface area (Å²) in [7, 11) is 3.37. The summed E-state index contributed by atoms with van der Waals surface area (Å²) in [5, 5.41) is 6.47. The molecule has 1 aromatic rings. The second-order valence-corrected chi connectivity index (χ2v) is 4.47. The Morgan fingerprint density at radius 2 is 1.96 bits per heavy atom. The molecule has 0 saturated carbocycles. The number of hydrogen-bond acceptors (Lipinski definition) is 4. The summed E-state index contributed by atoms with van der Waals surface area (Å²) >= 11 is 0. The topological polar surface area (TPSA) is 64.1 Å². The molecule has 0 aromatic heterocycles. The minimum Gasteiger partial charge on any atom is -0.493 e. The summed E-state index contributed by atoms with van der Waals surface area (Å²) in [4.78, 5) is 4.20. The lowest BCUT2D eigenvalue weighted by molar-refractivity contribution is 0.146. The molecule has 2 N–H and O–H groups in total. The molecule has 0 bridgehead atoms. The summed E-state index contributed by atoms with van der Waals surface area (Å²) in [6, 6.07) is 5.70. The molecule has 0 unspecified atom stereocenters. The molecular weight excluding hydrogens is 409 g/mol. The quantitative estimate of drug-likeness (QED) is 0.269. The van der Waals surface area contributed by atoms with Crippen LogP contribution in [0, 0.1) is 0 Å². The SMILES string of the molecule is CCOCCCNC(=NC)Nc1ccc(OCC)c(OC)c1.I. The highest BCUT2D eigenvalue weighted by Crippen LogP contribution is 2.30. The molecule has 1 rings (SSSR count). The molecule has 0 aliphatic carbocycles. The average Bonchev–Trinajstić information content (AvgIpc) is 2.55. The van der Waals surface area contributed by atoms with Crippen LogP contribution in [0.15, 0.2) is 23.2 Å². The van der Waals surface area contributed by atoms with Crippen molar-refractivity contribution in [1.29, 1.82) is 0 Å². The average molecular weight is 437 g/mol. The maximum absolute atomic E-state index is 5.50. The maximum atomic E-state index is 5.50. The predicted octanol–water partition coefficient (Wildman–Crippen LogP) is 3.13. The van der Waals surface area contributed by atoms with Gasteiger partial charge in [0.05, 0.1) is 13.7 Å². The molecule has 0 saturated heterocycles. The van der Waals surface area contributed by atoms with Gasteiger partial charge in [0.2, 0.25) is 0 Å². The molecule has 0 atom stereocenters. The summed E-state index contributed by atoms with van der Waals surface area (Å²) < 4.78 is 16.1. The normalized spacial score (nSPS) is 10.7. The van der Waals surface area contributed by atoms with Crippen LogP contribution in [-0.4, -0.2) is 46.5 Å². The molecular formula is C16H28IN3O3. The van der Waals surface area contributed by atoms with Crippen molar-refractivity contribution in [1.82, 2.24) is 5.32 Å². The summed E-state index contributed by atoms with van der Waals surface area (Å²) in [5.74, 6) is 2.14. The van der Waals surface area contributed by atoms with Crippen molar-refractivity contribution in [3.8, 4) is 11.5 Å². The molecule has 0 amide bonds. The molecule has 0 heterocycles. The van der Waals surface area contributed by atoms with Gasteiger partial charge in [0.25, 0.3) is 0 Å². The molecule has 7 heteroatoms. The first kappa shape index (κ1) is 21.8. The Balaban J connectivity index is 0.00000484. The lowest BCUT2D eigenvalue weighted by Crippen LogP contribution is -2.31. The van der Waals surface area contributed by atoms with Crippen molar-refractivity contribution in [3.05, 3.63) is 18.2 Å². The fraction of sp³-hybridized carbons (Fsp3) is 0.562. The van der Waals surface area contributed by atoms with E-state index >= 15 is 0 Å². The monoisotopic (exact) mass is 437 g/mol. The third-order valence-electron chi connectivity index (χ3n) is 2.91. The van der Waals surface area contributed by atoms with Crippen molar-refractivity contribution in [2.75, 3.05) is 45.8 Å². The van der Waals surface area contributed by atoms with E-state index in [1.54, 1.807) is 14.2 Å². The first-order valence-electron chi connectivity index (χ1n) is 7.61. The van der Waals surface area contributed by atoms with Gasteiger partial charge >= 0.3 is 0 Å². The zero-order valence-electron chi connectivity index (χ0n) is 14.3. The van der Waals surface area contributed by atoms with Crippen molar-refractivity contribution >= 4 is 35.6 Å². The number of anilines is 1. The Hall–Kier alpha value is -1.22. The minimum absolute atomic E-state index is 0. The first-order valence-corrected chi connectivity index (χ1v) is 7.61. The van der Waals surface area contributed by atoms with Gasteiger partial charge in [0, 0.05) is 38.6 Å². The molecule has 6 nitrogen and oxygen atoms in total. The van der Waals surface area contributed by atoms with Gasteiger partial charge < -0.3 is 24.8 Å². The molecule has 132 valence electrons. The highest BCUT2D eigenvalue weighted by Gasteiger charge is 2.06. The van der Waals surface area contributed by atoms with Crippen molar-refractivity contribution < 1.29 is 14.2 Å². The van der Waals surface area contributed by atoms with E-state index < -0.39 is 0 Å². The number of nitrogens with one attached hydrogen (secondary N) is 2. The van der Waals surface area contributed by atoms with E-state index in [2.05, 4.69) is 15.6 Å². The zero-order valence-corrected chi connectivity index (χ0v) is 16.7. The standard InChI is InChI=1S/C16H27N3O3.HI/c1-5-21-11-7-10-18-16(17-3)19-13-8-9-14(22-6-2)15(12-13)20-4;/h8-9,12H,5-7,10-11H2,1-4H3,(H2,17,18,19);1H. The van der Waals surface area contributed by atoms with Crippen LogP contribution in [0.5, 0.6) is 11.5 Å². The largest absolute Gasteiger partial charge is 0.493 e. The van der Waals surface area contributed by atoms with Crippen LogP contribution in [0.25, 0.3) is 0 Å². The highest BCUT2D eigenvalue weighted by atomic mass is 127. The number of nitrogens with zero attached hydrogens (tertiary/aromatic N) is 1. The van der Waals surface area contributed by atoms with Gasteiger partial charge in [-0.1, -0.05) is 0 Å². The Morgan fingerprint density at radius 1 is 1.17 bits per heavy atom. The van der Waals surface area contributed by atoms with Crippen LogP contribution in [0.2, 0.25) is 0 Å². The molecule has 23 heavy (non-hydrogen) atoms. The number of halogens is 1. The fourth-order valence-corrected chi connectivity index (χ4v) is 1.86. The Morgan fingerprint density at radius 3 is 2.57 bits per heavy atom. The summed E-state index contributed by atoms with van der Waals surface area (Å²) in [6.45, 7) is 6.84. The second-order valence-electron chi connectivity index (χ2n) is 4.47. The van der Waals surface area contributed by atoms with E-state index in [-0.39, 0.29) is 24.0 Å². The molecule has 0 fully saturated rings. The molecule has 0 spiro atoms. The van der Waals surface area contributed by atoms with Crippen molar-refractivity contribution in [3.63, 3.8) is 0 Å². The van der Waals surface area contributed by atoms with Gasteiger partial charge in [0.15, 0.2) is 17.5 Å². The van der Waals surface area contributed by atoms with E-state index in [1.807, 2.05) is 32.0 Å². The van der Waals surface area contributed by atoms with Crippen molar-refractivity contribution in [2.24, 2.45) is 4.99 Å². The van der Waals surface area contributed by atoms with Gasteiger partial charge in [-0.2, -0.15) is 0 Å². The molecule has 0 aliphatic heterocycles. The van der Waals surface area contributed by atoms with Crippen LogP contribution in [0.4, 0.5) is 5.69 Å². The van der Waals surface area contributed by atoms with Gasteiger partial charge in [-0.3, -0.25) is 4.99 Å². The van der Waals surface area contributed by atoms with E-state index in [1.165, 1.54) is 0 Å². The number of ether oxygens (including phenoxy) is 3.